The summed E-state index contributed by atoms with van der Waals surface area (Å²) < 4.78 is 0. The minimum absolute atomic E-state index is 0.124. The molecule has 0 N–H and O–H groups in total. The summed E-state index contributed by atoms with van der Waals surface area (Å²) in [7, 11) is 0. The highest BCUT2D eigenvalue weighted by molar-refractivity contribution is 5.96. The standard InChI is InChI=1S/C32H32N6O/c33-22-24-6-1-3-10-29(24)35-14-16-37(17-15-35)31-13-12-26-27(31)8-5-9-28(26)32(39)38-20-18-36(19-21-38)30-11-4-2-7-25(30)23-34/h1-11,31H,12-21H2/t31-/m0/s1. The van der Waals surface area contributed by atoms with Gasteiger partial charge < -0.3 is 14.7 Å². The van der Waals surface area contributed by atoms with E-state index in [-0.39, 0.29) is 5.91 Å². The van der Waals surface area contributed by atoms with Crippen LogP contribution in [0, 0.1) is 22.7 Å². The second-order valence-electron chi connectivity index (χ2n) is 10.5. The molecule has 2 heterocycles. The van der Waals surface area contributed by atoms with Gasteiger partial charge in [-0.05, 0) is 54.3 Å². The first-order chi connectivity index (χ1) is 19.2. The van der Waals surface area contributed by atoms with Crippen molar-refractivity contribution in [2.45, 2.75) is 18.9 Å². The Kier molecular flexibility index (Phi) is 6.92. The molecule has 7 heteroatoms. The third-order valence-corrected chi connectivity index (χ3v) is 8.52. The molecule has 196 valence electrons. The van der Waals surface area contributed by atoms with E-state index in [0.717, 1.165) is 74.6 Å². The van der Waals surface area contributed by atoms with Crippen molar-refractivity contribution in [3.05, 3.63) is 94.5 Å². The van der Waals surface area contributed by atoms with Crippen LogP contribution in [0.25, 0.3) is 0 Å². The molecule has 2 aliphatic heterocycles. The smallest absolute Gasteiger partial charge is 0.254 e. The van der Waals surface area contributed by atoms with E-state index in [1.54, 1.807) is 0 Å². The van der Waals surface area contributed by atoms with Crippen molar-refractivity contribution in [3.8, 4) is 12.1 Å². The first-order valence-electron chi connectivity index (χ1n) is 13.8. The summed E-state index contributed by atoms with van der Waals surface area (Å²) >= 11 is 0. The molecule has 0 unspecified atom stereocenters. The fourth-order valence-electron chi connectivity index (χ4n) is 6.50. The lowest BCUT2D eigenvalue weighted by Crippen LogP contribution is -2.49. The molecule has 1 amide bonds. The van der Waals surface area contributed by atoms with E-state index in [2.05, 4.69) is 32.9 Å². The summed E-state index contributed by atoms with van der Waals surface area (Å²) in [6.07, 6.45) is 1.96. The van der Waals surface area contributed by atoms with Gasteiger partial charge in [-0.25, -0.2) is 0 Å². The van der Waals surface area contributed by atoms with E-state index >= 15 is 0 Å². The molecule has 1 aliphatic carbocycles. The maximum Gasteiger partial charge on any atom is 0.254 e. The maximum absolute atomic E-state index is 13.7. The van der Waals surface area contributed by atoms with Gasteiger partial charge in [0.1, 0.15) is 12.1 Å². The lowest BCUT2D eigenvalue weighted by Gasteiger charge is -2.39. The number of anilines is 2. The molecule has 3 aliphatic rings. The number of hydrogen-bond acceptors (Lipinski definition) is 6. The van der Waals surface area contributed by atoms with E-state index < -0.39 is 0 Å². The minimum atomic E-state index is 0.124. The number of para-hydroxylation sites is 2. The first kappa shape index (κ1) is 25.0. The average molecular weight is 517 g/mol. The summed E-state index contributed by atoms with van der Waals surface area (Å²) in [5.74, 6) is 0.124. The zero-order valence-electron chi connectivity index (χ0n) is 22.1. The van der Waals surface area contributed by atoms with Crippen molar-refractivity contribution < 1.29 is 4.79 Å². The highest BCUT2D eigenvalue weighted by atomic mass is 16.2. The average Bonchev–Trinajstić information content (AvgIpc) is 3.45. The number of nitrogens with zero attached hydrogens (tertiary/aromatic N) is 6. The molecule has 0 saturated carbocycles. The zero-order chi connectivity index (χ0) is 26.8. The largest absolute Gasteiger partial charge is 0.368 e. The predicted molar refractivity (Wildman–Crippen MR) is 152 cm³/mol. The van der Waals surface area contributed by atoms with Crippen LogP contribution < -0.4 is 9.80 Å². The second-order valence-corrected chi connectivity index (χ2v) is 10.5. The third kappa shape index (κ3) is 4.71. The van der Waals surface area contributed by atoms with Crippen LogP contribution in [0.2, 0.25) is 0 Å². The first-order valence-corrected chi connectivity index (χ1v) is 13.8. The SMILES string of the molecule is N#Cc1ccccc1N1CCN(C(=O)c2cccc3c2CC[C@@H]3N2CCN(c3ccccc3C#N)CC2)CC1. The molecule has 3 aromatic rings. The van der Waals surface area contributed by atoms with Gasteiger partial charge in [0.2, 0.25) is 0 Å². The number of carbonyl (C=O) groups excluding carboxylic acids is 1. The Labute approximate surface area is 230 Å². The van der Waals surface area contributed by atoms with Gasteiger partial charge >= 0.3 is 0 Å². The number of fused-ring (bicyclic) bond motifs is 1. The molecular weight excluding hydrogens is 484 g/mol. The van der Waals surface area contributed by atoms with Gasteiger partial charge in [-0.3, -0.25) is 9.69 Å². The lowest BCUT2D eigenvalue weighted by atomic mass is 10.00. The van der Waals surface area contributed by atoms with Crippen LogP contribution in [0.3, 0.4) is 0 Å². The van der Waals surface area contributed by atoms with Crippen LogP contribution in [0.1, 0.15) is 45.1 Å². The van der Waals surface area contributed by atoms with Gasteiger partial charge in [-0.1, -0.05) is 36.4 Å². The Morgan fingerprint density at radius 2 is 1.26 bits per heavy atom. The predicted octanol–water partition coefficient (Wildman–Crippen LogP) is 4.20. The van der Waals surface area contributed by atoms with E-state index in [1.165, 1.54) is 11.1 Å². The molecule has 1 atom stereocenters. The summed E-state index contributed by atoms with van der Waals surface area (Å²) in [5.41, 5.74) is 6.75. The Hall–Kier alpha value is -4.33. The molecule has 0 spiro atoms. The summed E-state index contributed by atoms with van der Waals surface area (Å²) in [5, 5.41) is 19.0. The van der Waals surface area contributed by atoms with Crippen molar-refractivity contribution >= 4 is 17.3 Å². The van der Waals surface area contributed by atoms with Gasteiger partial charge in [-0.15, -0.1) is 0 Å². The van der Waals surface area contributed by atoms with Gasteiger partial charge in [0.25, 0.3) is 5.91 Å². The Bertz CT molecular complexity index is 1450. The van der Waals surface area contributed by atoms with E-state index in [9.17, 15) is 15.3 Å². The van der Waals surface area contributed by atoms with Crippen LogP contribution in [-0.4, -0.2) is 68.1 Å². The Morgan fingerprint density at radius 3 is 1.85 bits per heavy atom. The van der Waals surface area contributed by atoms with E-state index in [0.29, 0.717) is 24.7 Å². The molecule has 39 heavy (non-hydrogen) atoms. The highest BCUT2D eigenvalue weighted by Gasteiger charge is 2.34. The maximum atomic E-state index is 13.7. The molecule has 0 aromatic heterocycles. The molecular formula is C32H32N6O. The van der Waals surface area contributed by atoms with Crippen molar-refractivity contribution in [1.29, 1.82) is 10.5 Å². The number of nitriles is 2. The molecule has 0 bridgehead atoms. The van der Waals surface area contributed by atoms with Gasteiger partial charge in [0, 0.05) is 64.0 Å². The third-order valence-electron chi connectivity index (χ3n) is 8.52. The zero-order valence-corrected chi connectivity index (χ0v) is 22.1. The van der Waals surface area contributed by atoms with Crippen LogP contribution in [0.5, 0.6) is 0 Å². The van der Waals surface area contributed by atoms with Crippen molar-refractivity contribution in [1.82, 2.24) is 9.80 Å². The number of hydrogen-bond donors (Lipinski definition) is 0. The van der Waals surface area contributed by atoms with E-state index in [1.807, 2.05) is 65.6 Å². The van der Waals surface area contributed by atoms with Gasteiger partial charge in [-0.2, -0.15) is 10.5 Å². The molecule has 6 rings (SSSR count). The van der Waals surface area contributed by atoms with Crippen molar-refractivity contribution in [2.75, 3.05) is 62.2 Å². The van der Waals surface area contributed by atoms with Crippen molar-refractivity contribution in [2.24, 2.45) is 0 Å². The summed E-state index contributed by atoms with van der Waals surface area (Å²) in [6, 6.07) is 26.7. The number of piperazine rings is 2. The summed E-state index contributed by atoms with van der Waals surface area (Å²) in [6.45, 7) is 6.41. The number of amides is 1. The minimum Gasteiger partial charge on any atom is -0.368 e. The Balaban J connectivity index is 1.12. The number of carbonyl (C=O) groups is 1. The molecule has 2 fully saturated rings. The fraction of sp³-hybridized carbons (Fsp3) is 0.344. The highest BCUT2D eigenvalue weighted by Crippen LogP contribution is 2.39. The lowest BCUT2D eigenvalue weighted by molar-refractivity contribution is 0.0745. The number of benzene rings is 3. The molecule has 3 aromatic carbocycles. The quantitative estimate of drug-likeness (QED) is 0.517. The van der Waals surface area contributed by atoms with Crippen LogP contribution in [0.4, 0.5) is 11.4 Å². The van der Waals surface area contributed by atoms with Crippen LogP contribution in [-0.2, 0) is 6.42 Å². The number of rotatable bonds is 4. The van der Waals surface area contributed by atoms with Crippen molar-refractivity contribution in [3.63, 3.8) is 0 Å². The molecule has 0 radical (unpaired) electrons. The molecule has 7 nitrogen and oxygen atoms in total. The van der Waals surface area contributed by atoms with Gasteiger partial charge in [0.05, 0.1) is 22.5 Å². The Morgan fingerprint density at radius 1 is 0.692 bits per heavy atom. The second kappa shape index (κ2) is 10.8. The van der Waals surface area contributed by atoms with Crippen LogP contribution in [0.15, 0.2) is 66.7 Å². The van der Waals surface area contributed by atoms with E-state index in [4.69, 9.17) is 0 Å². The van der Waals surface area contributed by atoms with Crippen LogP contribution >= 0.6 is 0 Å². The van der Waals surface area contributed by atoms with Gasteiger partial charge in [0.15, 0.2) is 0 Å². The monoisotopic (exact) mass is 516 g/mol. The fourth-order valence-corrected chi connectivity index (χ4v) is 6.50. The summed E-state index contributed by atoms with van der Waals surface area (Å²) in [4.78, 5) is 22.7. The molecule has 2 saturated heterocycles. The normalized spacial score (nSPS) is 19.3. The topological polar surface area (TPSA) is 77.6 Å².